The number of nitrogens with one attached hydrogen (secondary N) is 2. The van der Waals surface area contributed by atoms with Crippen molar-refractivity contribution in [2.75, 3.05) is 5.75 Å². The molecule has 2 N–H and O–H groups in total. The van der Waals surface area contributed by atoms with Crippen LogP contribution in [0.5, 0.6) is 0 Å². The van der Waals surface area contributed by atoms with Gasteiger partial charge in [-0.05, 0) is 25.5 Å². The minimum absolute atomic E-state index is 0.0818. The molecule has 1 saturated heterocycles. The molecule has 7 heteroatoms. The lowest BCUT2D eigenvalue weighted by atomic mass is 10.1. The number of imidazole rings is 1. The highest BCUT2D eigenvalue weighted by Gasteiger charge is 2.35. The largest absolute Gasteiger partial charge is 0.335 e. The van der Waals surface area contributed by atoms with Gasteiger partial charge in [0.2, 0.25) is 0 Å². The van der Waals surface area contributed by atoms with Gasteiger partial charge in [0, 0.05) is 7.05 Å². The lowest BCUT2D eigenvalue weighted by molar-refractivity contribution is 0.613. The number of thioether (sulfide) groups is 1. The fourth-order valence-corrected chi connectivity index (χ4v) is 3.58. The summed E-state index contributed by atoms with van der Waals surface area (Å²) in [6.45, 7) is 2.12. The van der Waals surface area contributed by atoms with Crippen LogP contribution >= 0.6 is 11.8 Å². The van der Waals surface area contributed by atoms with Crippen LogP contribution in [-0.4, -0.2) is 25.3 Å². The Kier molecular flexibility index (Phi) is 2.41. The number of aromatic nitrogens is 4. The summed E-state index contributed by atoms with van der Waals surface area (Å²) in [6, 6.07) is 0. The molecule has 1 aliphatic rings. The van der Waals surface area contributed by atoms with Gasteiger partial charge in [0.15, 0.2) is 5.65 Å². The maximum Gasteiger partial charge on any atom is 0.329 e. The highest BCUT2D eigenvalue weighted by molar-refractivity contribution is 8.00. The second-order valence-electron chi connectivity index (χ2n) is 4.79. The normalized spacial score (nSPS) is 23.9. The highest BCUT2D eigenvalue weighted by atomic mass is 32.2. The predicted molar refractivity (Wildman–Crippen MR) is 71.0 cm³/mol. The van der Waals surface area contributed by atoms with Gasteiger partial charge in [0.05, 0.1) is 4.75 Å². The minimum atomic E-state index is -0.435. The van der Waals surface area contributed by atoms with E-state index in [2.05, 4.69) is 21.9 Å². The first-order valence-electron chi connectivity index (χ1n) is 5.85. The van der Waals surface area contributed by atoms with E-state index in [1.54, 1.807) is 7.05 Å². The van der Waals surface area contributed by atoms with E-state index in [1.165, 1.54) is 4.57 Å². The van der Waals surface area contributed by atoms with Gasteiger partial charge in [-0.2, -0.15) is 0 Å². The Hall–Kier alpha value is -1.50. The number of H-pyrrole nitrogens is 2. The van der Waals surface area contributed by atoms with Crippen LogP contribution in [0.3, 0.4) is 0 Å². The van der Waals surface area contributed by atoms with E-state index in [0.29, 0.717) is 11.2 Å². The third-order valence-corrected chi connectivity index (χ3v) is 5.00. The van der Waals surface area contributed by atoms with Crippen molar-refractivity contribution < 1.29 is 0 Å². The van der Waals surface area contributed by atoms with E-state index in [1.807, 2.05) is 11.8 Å². The molecule has 0 aromatic carbocycles. The number of rotatable bonds is 1. The first-order valence-corrected chi connectivity index (χ1v) is 6.83. The van der Waals surface area contributed by atoms with Crippen LogP contribution in [0, 0.1) is 0 Å². The molecule has 2 aromatic rings. The average Bonchev–Trinajstić information content (AvgIpc) is 2.93. The van der Waals surface area contributed by atoms with Crippen LogP contribution in [0.15, 0.2) is 9.59 Å². The van der Waals surface area contributed by atoms with Crippen molar-refractivity contribution in [1.82, 2.24) is 19.5 Å². The molecular formula is C11H14N4O2S. The summed E-state index contributed by atoms with van der Waals surface area (Å²) in [5.74, 6) is 1.88. The summed E-state index contributed by atoms with van der Waals surface area (Å²) in [7, 11) is 1.61. The number of hydrogen-bond acceptors (Lipinski definition) is 4. The molecule has 2 aromatic heterocycles. The molecule has 3 heterocycles. The van der Waals surface area contributed by atoms with Crippen molar-refractivity contribution >= 4 is 22.9 Å². The number of nitrogens with zero attached hydrogens (tertiary/aromatic N) is 2. The van der Waals surface area contributed by atoms with E-state index in [0.717, 1.165) is 24.4 Å². The summed E-state index contributed by atoms with van der Waals surface area (Å²) in [6.07, 6.45) is 2.18. The molecule has 18 heavy (non-hydrogen) atoms. The van der Waals surface area contributed by atoms with Gasteiger partial charge in [-0.15, -0.1) is 11.8 Å². The first-order chi connectivity index (χ1) is 8.51. The van der Waals surface area contributed by atoms with E-state index in [9.17, 15) is 9.59 Å². The maximum absolute atomic E-state index is 11.7. The molecule has 3 rings (SSSR count). The monoisotopic (exact) mass is 266 g/mol. The molecule has 0 aliphatic carbocycles. The molecule has 6 nitrogen and oxygen atoms in total. The van der Waals surface area contributed by atoms with Crippen LogP contribution in [0.2, 0.25) is 0 Å². The zero-order chi connectivity index (χ0) is 12.9. The Bertz CT molecular complexity index is 721. The second-order valence-corrected chi connectivity index (χ2v) is 6.38. The number of aryl methyl sites for hydroxylation is 1. The van der Waals surface area contributed by atoms with Gasteiger partial charge in [-0.3, -0.25) is 14.3 Å². The predicted octanol–water partition coefficient (Wildman–Crippen LogP) is 0.692. The molecule has 0 bridgehead atoms. The Labute approximate surface area is 107 Å². The number of hydrogen-bond donors (Lipinski definition) is 2. The summed E-state index contributed by atoms with van der Waals surface area (Å²) >= 11 is 1.84. The van der Waals surface area contributed by atoms with E-state index in [-0.39, 0.29) is 4.75 Å². The smallest absolute Gasteiger partial charge is 0.329 e. The van der Waals surface area contributed by atoms with Crippen molar-refractivity contribution in [3.05, 3.63) is 26.7 Å². The van der Waals surface area contributed by atoms with Crippen molar-refractivity contribution in [1.29, 1.82) is 0 Å². The number of fused-ring (bicyclic) bond motifs is 1. The molecule has 1 aliphatic heterocycles. The van der Waals surface area contributed by atoms with Gasteiger partial charge in [0.25, 0.3) is 5.56 Å². The minimum Gasteiger partial charge on any atom is -0.335 e. The molecule has 96 valence electrons. The van der Waals surface area contributed by atoms with Crippen molar-refractivity contribution in [3.8, 4) is 0 Å². The molecule has 1 fully saturated rings. The van der Waals surface area contributed by atoms with E-state index < -0.39 is 11.2 Å². The molecule has 0 radical (unpaired) electrons. The van der Waals surface area contributed by atoms with Gasteiger partial charge < -0.3 is 4.98 Å². The summed E-state index contributed by atoms with van der Waals surface area (Å²) < 4.78 is 1.28. The van der Waals surface area contributed by atoms with Crippen LogP contribution in [0.4, 0.5) is 0 Å². The summed E-state index contributed by atoms with van der Waals surface area (Å²) in [5.41, 5.74) is -0.0403. The van der Waals surface area contributed by atoms with E-state index in [4.69, 9.17) is 0 Å². The van der Waals surface area contributed by atoms with Crippen LogP contribution in [-0.2, 0) is 11.8 Å². The Morgan fingerprint density at radius 3 is 2.83 bits per heavy atom. The Morgan fingerprint density at radius 1 is 1.39 bits per heavy atom. The first kappa shape index (κ1) is 11.6. The van der Waals surface area contributed by atoms with Crippen molar-refractivity contribution in [2.45, 2.75) is 24.5 Å². The van der Waals surface area contributed by atoms with Crippen molar-refractivity contribution in [2.24, 2.45) is 7.05 Å². The topological polar surface area (TPSA) is 83.5 Å². The third kappa shape index (κ3) is 1.53. The Balaban J connectivity index is 2.29. The van der Waals surface area contributed by atoms with Crippen molar-refractivity contribution in [3.63, 3.8) is 0 Å². The third-order valence-electron chi connectivity index (χ3n) is 3.47. The van der Waals surface area contributed by atoms with Gasteiger partial charge in [-0.1, -0.05) is 0 Å². The summed E-state index contributed by atoms with van der Waals surface area (Å²) in [5, 5.41) is 0. The molecule has 0 amide bonds. The lowest BCUT2D eigenvalue weighted by Gasteiger charge is -2.18. The summed E-state index contributed by atoms with van der Waals surface area (Å²) in [4.78, 5) is 33.1. The highest BCUT2D eigenvalue weighted by Crippen LogP contribution is 2.44. The molecule has 0 spiro atoms. The fraction of sp³-hybridized carbons (Fsp3) is 0.545. The zero-order valence-corrected chi connectivity index (χ0v) is 11.1. The molecule has 1 atom stereocenters. The average molecular weight is 266 g/mol. The zero-order valence-electron chi connectivity index (χ0n) is 10.2. The van der Waals surface area contributed by atoms with E-state index >= 15 is 0 Å². The second kappa shape index (κ2) is 3.74. The van der Waals surface area contributed by atoms with Gasteiger partial charge in [-0.25, -0.2) is 9.78 Å². The molecule has 1 unspecified atom stereocenters. The standard InChI is InChI=1S/C11H14N4O2S/c1-11(4-3-5-18-11)9-12-6-7(13-9)15(2)10(17)14-8(6)16/h3-5H2,1-2H3,(H,12,13)(H,14,16,17). The van der Waals surface area contributed by atoms with Crippen LogP contribution in [0.1, 0.15) is 25.6 Å². The Morgan fingerprint density at radius 2 is 2.17 bits per heavy atom. The maximum atomic E-state index is 11.7. The van der Waals surface area contributed by atoms with Gasteiger partial charge >= 0.3 is 5.69 Å². The fourth-order valence-electron chi connectivity index (χ4n) is 2.32. The van der Waals surface area contributed by atoms with Crippen LogP contribution in [0.25, 0.3) is 11.2 Å². The van der Waals surface area contributed by atoms with Gasteiger partial charge in [0.1, 0.15) is 11.3 Å². The quantitative estimate of drug-likeness (QED) is 0.795. The molecular weight excluding hydrogens is 252 g/mol. The van der Waals surface area contributed by atoms with Crippen LogP contribution < -0.4 is 11.2 Å². The SMILES string of the molecule is Cn1c(=O)[nH]c(=O)c2[nH]c(C3(C)CCCS3)nc21. The number of aromatic amines is 2. The molecule has 0 saturated carbocycles. The lowest BCUT2D eigenvalue weighted by Crippen LogP contribution is -2.28.